The minimum atomic E-state index is -1.64. The fraction of sp³-hybridized carbons (Fsp3) is 0.351. The Balaban J connectivity index is 1.56. The van der Waals surface area contributed by atoms with Crippen molar-refractivity contribution in [3.05, 3.63) is 95.8 Å². The van der Waals surface area contributed by atoms with Gasteiger partial charge in [-0.1, -0.05) is 51.1 Å². The predicted molar refractivity (Wildman–Crippen MR) is 187 cm³/mol. The molecule has 5 amide bonds. The van der Waals surface area contributed by atoms with E-state index in [0.29, 0.717) is 16.2 Å². The molecule has 53 heavy (non-hydrogen) atoms. The second-order valence-corrected chi connectivity index (χ2v) is 13.6. The number of aliphatic carboxylic acids is 1. The molecule has 3 aromatic rings. The average molecular weight is 737 g/mol. The molecule has 1 aliphatic heterocycles. The molecule has 2 aromatic carbocycles. The molecule has 14 nitrogen and oxygen atoms in total. The molecule has 0 bridgehead atoms. The van der Waals surface area contributed by atoms with Gasteiger partial charge in [0.2, 0.25) is 17.7 Å². The lowest BCUT2D eigenvalue weighted by Crippen LogP contribution is -2.54. The normalized spacial score (nSPS) is 14.5. The van der Waals surface area contributed by atoms with Gasteiger partial charge in [-0.2, -0.15) is 0 Å². The molecule has 0 saturated carbocycles. The van der Waals surface area contributed by atoms with Crippen molar-refractivity contribution in [3.63, 3.8) is 0 Å². The predicted octanol–water partition coefficient (Wildman–Crippen LogP) is 1.72. The minimum Gasteiger partial charge on any atom is -0.480 e. The molecule has 0 fully saturated rings. The van der Waals surface area contributed by atoms with Crippen LogP contribution in [0, 0.1) is 17.0 Å². The van der Waals surface area contributed by atoms with E-state index in [1.54, 1.807) is 12.3 Å². The highest BCUT2D eigenvalue weighted by Gasteiger charge is 2.38. The number of carbonyl (C=O) groups excluding carboxylic acids is 5. The number of nitrogens with one attached hydrogen (secondary N) is 2. The Labute approximate surface area is 304 Å². The Hall–Kier alpha value is -5.74. The molecule has 0 aliphatic carbocycles. The van der Waals surface area contributed by atoms with Gasteiger partial charge in [0.25, 0.3) is 11.8 Å². The van der Waals surface area contributed by atoms with Crippen LogP contribution in [0.1, 0.15) is 44.5 Å². The molecule has 282 valence electrons. The Kier molecular flexibility index (Phi) is 13.0. The fourth-order valence-electron chi connectivity index (χ4n) is 5.99. The van der Waals surface area contributed by atoms with E-state index in [0.717, 1.165) is 35.9 Å². The first-order valence-corrected chi connectivity index (χ1v) is 16.7. The summed E-state index contributed by atoms with van der Waals surface area (Å²) >= 11 is 0. The first kappa shape index (κ1) is 40.0. The lowest BCUT2D eigenvalue weighted by Gasteiger charge is -2.41. The fourth-order valence-corrected chi connectivity index (χ4v) is 5.99. The number of nitrogens with two attached hydrogens (primary N) is 1. The van der Waals surface area contributed by atoms with Crippen LogP contribution in [0.3, 0.4) is 0 Å². The number of hydrogen-bond acceptors (Lipinski definition) is 8. The number of aliphatic hydroxyl groups is 1. The van der Waals surface area contributed by atoms with Crippen LogP contribution >= 0.6 is 0 Å². The topological polar surface area (TPSA) is 204 Å². The van der Waals surface area contributed by atoms with E-state index in [-0.39, 0.29) is 25.1 Å². The Morgan fingerprint density at radius 1 is 0.981 bits per heavy atom. The third-order valence-electron chi connectivity index (χ3n) is 8.57. The number of halogens is 2. The molecular weight excluding hydrogens is 694 g/mol. The molecule has 3 atom stereocenters. The van der Waals surface area contributed by atoms with Gasteiger partial charge in [-0.05, 0) is 41.7 Å². The summed E-state index contributed by atoms with van der Waals surface area (Å²) < 4.78 is 31.1. The lowest BCUT2D eigenvalue weighted by atomic mass is 9.82. The Morgan fingerprint density at radius 2 is 1.64 bits per heavy atom. The van der Waals surface area contributed by atoms with Crippen LogP contribution in [0.2, 0.25) is 0 Å². The summed E-state index contributed by atoms with van der Waals surface area (Å²) in [4.78, 5) is 76.2. The highest BCUT2D eigenvalue weighted by atomic mass is 19.1. The molecule has 16 heteroatoms. The zero-order chi connectivity index (χ0) is 39.0. The van der Waals surface area contributed by atoms with E-state index in [1.165, 1.54) is 4.90 Å². The monoisotopic (exact) mass is 736 g/mol. The summed E-state index contributed by atoms with van der Waals surface area (Å²) in [6.45, 7) is 3.51. The molecule has 0 unspecified atom stereocenters. The third kappa shape index (κ3) is 10.2. The van der Waals surface area contributed by atoms with Gasteiger partial charge in [0, 0.05) is 54.8 Å². The van der Waals surface area contributed by atoms with Gasteiger partial charge in [0.1, 0.15) is 30.8 Å². The molecule has 6 N–H and O–H groups in total. The van der Waals surface area contributed by atoms with Crippen molar-refractivity contribution in [2.75, 3.05) is 26.2 Å². The number of amides is 5. The standard InChI is InChI=1S/C37H42F2N6O8/c1-37(2,3)34(29-15-23(25-16-24(38)9-10-26(25)39)19-43(29)18-22-7-5-4-6-8-22)44(33(50)21-46)14-13-27(40)35(51)42-28(36(52)53)17-41-30(47)20-45-31(48)11-12-32(45)49/h4-12,15-16,19,27-28,34,46H,13-14,17-18,20-21,40H2,1-3H3,(H,41,47)(H,42,51)(H,52,53)/t27-,28+,34-/m0/s1. The highest BCUT2D eigenvalue weighted by molar-refractivity contribution is 6.14. The molecule has 0 radical (unpaired) electrons. The van der Waals surface area contributed by atoms with Crippen LogP contribution in [-0.2, 0) is 35.3 Å². The summed E-state index contributed by atoms with van der Waals surface area (Å²) in [5.41, 5.74) is 7.18. The van der Waals surface area contributed by atoms with E-state index in [9.17, 15) is 43.4 Å². The van der Waals surface area contributed by atoms with Gasteiger partial charge in [-0.15, -0.1) is 0 Å². The van der Waals surface area contributed by atoms with Gasteiger partial charge in [0.15, 0.2) is 0 Å². The van der Waals surface area contributed by atoms with E-state index in [4.69, 9.17) is 5.73 Å². The number of carbonyl (C=O) groups is 6. The molecule has 1 aliphatic rings. The zero-order valence-corrected chi connectivity index (χ0v) is 29.4. The average Bonchev–Trinajstić information content (AvgIpc) is 3.65. The van der Waals surface area contributed by atoms with Crippen molar-refractivity contribution in [3.8, 4) is 11.1 Å². The van der Waals surface area contributed by atoms with Crippen LogP contribution in [-0.4, -0.2) is 98.4 Å². The lowest BCUT2D eigenvalue weighted by molar-refractivity contribution is -0.143. The number of imide groups is 1. The largest absolute Gasteiger partial charge is 0.480 e. The number of benzene rings is 2. The first-order chi connectivity index (χ1) is 25.0. The van der Waals surface area contributed by atoms with Gasteiger partial charge in [0.05, 0.1) is 12.1 Å². The molecular formula is C37H42F2N6O8. The third-order valence-corrected chi connectivity index (χ3v) is 8.57. The summed E-state index contributed by atoms with van der Waals surface area (Å²) in [5.74, 6) is -6.67. The molecule has 4 rings (SSSR count). The van der Waals surface area contributed by atoms with Gasteiger partial charge in [-0.3, -0.25) is 28.9 Å². The van der Waals surface area contributed by atoms with Crippen LogP contribution in [0.15, 0.2) is 72.9 Å². The summed E-state index contributed by atoms with van der Waals surface area (Å²) in [5, 5.41) is 24.2. The van der Waals surface area contributed by atoms with Crippen LogP contribution in [0.25, 0.3) is 11.1 Å². The SMILES string of the molecule is CC(C)(C)[C@H](c1cc(-c2cc(F)ccc2F)cn1Cc1ccccc1)N(CC[C@H](N)C(=O)N[C@H](CNC(=O)CN1C(=O)C=CC1=O)C(=O)O)C(=O)CO. The number of rotatable bonds is 16. The summed E-state index contributed by atoms with van der Waals surface area (Å²) in [7, 11) is 0. The number of aliphatic hydroxyl groups excluding tert-OH is 1. The number of aromatic nitrogens is 1. The van der Waals surface area contributed by atoms with Crippen molar-refractivity contribution in [1.82, 2.24) is 25.0 Å². The molecule has 2 heterocycles. The summed E-state index contributed by atoms with van der Waals surface area (Å²) in [6, 6.07) is 10.3. The quantitative estimate of drug-likeness (QED) is 0.136. The van der Waals surface area contributed by atoms with Gasteiger partial charge < -0.3 is 36.0 Å². The summed E-state index contributed by atoms with van der Waals surface area (Å²) in [6.07, 6.45) is 3.44. The number of nitrogens with zero attached hydrogens (tertiary/aromatic N) is 3. The van der Waals surface area contributed by atoms with Crippen LogP contribution < -0.4 is 16.4 Å². The minimum absolute atomic E-state index is 0.00338. The maximum absolute atomic E-state index is 15.0. The van der Waals surface area contributed by atoms with E-state index in [1.807, 2.05) is 55.7 Å². The van der Waals surface area contributed by atoms with Crippen molar-refractivity contribution in [2.24, 2.45) is 11.1 Å². The van der Waals surface area contributed by atoms with Crippen LogP contribution in [0.4, 0.5) is 8.78 Å². The molecule has 1 aromatic heterocycles. The Morgan fingerprint density at radius 3 is 2.25 bits per heavy atom. The first-order valence-electron chi connectivity index (χ1n) is 16.7. The van der Waals surface area contributed by atoms with Crippen molar-refractivity contribution in [1.29, 1.82) is 0 Å². The maximum Gasteiger partial charge on any atom is 0.328 e. The number of carboxylic acids is 1. The zero-order valence-electron chi connectivity index (χ0n) is 29.4. The highest BCUT2D eigenvalue weighted by Crippen LogP contribution is 2.41. The van der Waals surface area contributed by atoms with Crippen molar-refractivity contribution in [2.45, 2.75) is 51.9 Å². The van der Waals surface area contributed by atoms with Crippen LogP contribution in [0.5, 0.6) is 0 Å². The van der Waals surface area contributed by atoms with E-state index < -0.39 is 90.4 Å². The maximum atomic E-state index is 15.0. The number of hydrogen-bond donors (Lipinski definition) is 5. The second kappa shape index (κ2) is 17.2. The molecule has 0 saturated heterocycles. The second-order valence-electron chi connectivity index (χ2n) is 13.6. The van der Waals surface area contributed by atoms with Gasteiger partial charge in [-0.25, -0.2) is 13.6 Å². The van der Waals surface area contributed by atoms with Gasteiger partial charge >= 0.3 is 5.97 Å². The molecule has 0 spiro atoms. The van der Waals surface area contributed by atoms with E-state index >= 15 is 4.39 Å². The Bertz CT molecular complexity index is 1870. The number of carboxylic acid groups (broad SMARTS) is 1. The van der Waals surface area contributed by atoms with E-state index in [2.05, 4.69) is 10.6 Å². The smallest absolute Gasteiger partial charge is 0.328 e. The van der Waals surface area contributed by atoms with Crippen molar-refractivity contribution < 1.29 is 47.8 Å². The van der Waals surface area contributed by atoms with Crippen molar-refractivity contribution >= 4 is 35.5 Å².